The predicted molar refractivity (Wildman–Crippen MR) is 250 cm³/mol. The number of amides is 6. The summed E-state index contributed by atoms with van der Waals surface area (Å²) in [5.41, 5.74) is -2.42. The monoisotopic (exact) mass is 1010 g/mol. The molecule has 3 saturated carbocycles. The van der Waals surface area contributed by atoms with E-state index in [0.29, 0.717) is 38.7 Å². The highest BCUT2D eigenvalue weighted by atomic mass is 19.4. The lowest BCUT2D eigenvalue weighted by atomic mass is 9.75. The smallest absolute Gasteiger partial charge is 0.377 e. The number of ether oxygens (including phenoxy) is 5. The third kappa shape index (κ3) is 14.0. The summed E-state index contributed by atoms with van der Waals surface area (Å²) < 4.78 is 91.4. The zero-order valence-corrected chi connectivity index (χ0v) is 41.0. The molecule has 1 aromatic carbocycles. The Bertz CT molecular complexity index is 2100. The average molecular weight is 1010 g/mol. The Morgan fingerprint density at radius 2 is 1.31 bits per heavy atom. The van der Waals surface area contributed by atoms with E-state index >= 15 is 17.6 Å². The number of alkyl halides is 3. The van der Waals surface area contributed by atoms with Gasteiger partial charge in [-0.3, -0.25) is 23.9 Å². The number of nitrogens with one attached hydrogen (secondary N) is 3. The van der Waals surface area contributed by atoms with Gasteiger partial charge in [0.15, 0.2) is 0 Å². The molecule has 0 bridgehead atoms. The van der Waals surface area contributed by atoms with Crippen molar-refractivity contribution in [3.8, 4) is 0 Å². The second kappa shape index (κ2) is 24.7. The number of benzene rings is 1. The molecule has 22 heteroatoms. The standard InChI is InChI=1S/C49H70F4N8O10/c1-4-61-39(13-16-54-61)43(62)56-42(40(33-5-6-33)34-7-8-34)44(63)55-38-12-9-35(31-37(38)50)32(2)41(57-47(66)58(3)36-10-11-36)45(64)59-17-14-48(15-18-59,49(51,52)53)46(65)60-19-21-67-23-25-69-27-29-71-30-28-70-26-24-68-22-20-60/h9,12-13,16,31-34,36,40-42H,4-8,10-11,14-15,17-30H2,1-3H3,(H,55,63)(H,56,62)(H,57,66)/t32-,41+,42-/m0/s1. The topological polar surface area (TPSA) is 195 Å². The number of hydrogen-bond acceptors (Lipinski definition) is 11. The van der Waals surface area contributed by atoms with E-state index < -0.39 is 91.0 Å². The van der Waals surface area contributed by atoms with Crippen molar-refractivity contribution in [3.05, 3.63) is 47.5 Å². The van der Waals surface area contributed by atoms with Crippen molar-refractivity contribution in [2.75, 3.05) is 105 Å². The van der Waals surface area contributed by atoms with Crippen LogP contribution in [0.3, 0.4) is 0 Å². The lowest BCUT2D eigenvalue weighted by Gasteiger charge is -2.44. The van der Waals surface area contributed by atoms with E-state index in [1.165, 1.54) is 32.8 Å². The molecule has 5 fully saturated rings. The fraction of sp³-hybridized carbons (Fsp3) is 0.714. The second-order valence-electron chi connectivity index (χ2n) is 19.3. The van der Waals surface area contributed by atoms with Crippen LogP contribution in [0.1, 0.15) is 87.2 Å². The number of nitrogens with zero attached hydrogens (tertiary/aromatic N) is 5. The molecule has 1 aromatic heterocycles. The maximum Gasteiger partial charge on any atom is 0.403 e. The summed E-state index contributed by atoms with van der Waals surface area (Å²) in [4.78, 5) is 73.8. The number of carbonyl (C=O) groups excluding carboxylic acids is 5. The summed E-state index contributed by atoms with van der Waals surface area (Å²) in [6.45, 7) is 4.68. The van der Waals surface area contributed by atoms with Gasteiger partial charge in [0, 0.05) is 57.9 Å². The minimum absolute atomic E-state index is 0.0490. The van der Waals surface area contributed by atoms with Crippen LogP contribution in [0.25, 0.3) is 0 Å². The number of likely N-dealkylation sites (tertiary alicyclic amines) is 1. The SMILES string of the molecule is CCn1nccc1C(=O)N[C@H](C(=O)Nc1ccc([C@H](C)[C@@H](NC(=O)N(C)C2CC2)C(=O)N2CCC(C(=O)N3CCOCCOCCOCCOCCOCC3)(C(F)(F)F)CC2)cc1F)C(C1CC1)C1CC1. The van der Waals surface area contributed by atoms with Crippen molar-refractivity contribution in [3.63, 3.8) is 0 Å². The molecule has 2 aliphatic heterocycles. The highest BCUT2D eigenvalue weighted by Crippen LogP contribution is 2.51. The molecule has 6 amide bonds. The van der Waals surface area contributed by atoms with Gasteiger partial charge in [-0.2, -0.15) is 18.3 Å². The van der Waals surface area contributed by atoms with Gasteiger partial charge in [0.05, 0.1) is 71.8 Å². The molecule has 2 saturated heterocycles. The van der Waals surface area contributed by atoms with Crippen LogP contribution in [-0.2, 0) is 44.6 Å². The lowest BCUT2D eigenvalue weighted by molar-refractivity contribution is -0.238. The van der Waals surface area contributed by atoms with Crippen molar-refractivity contribution in [1.82, 2.24) is 35.1 Å². The molecule has 394 valence electrons. The number of carbonyl (C=O) groups is 5. The molecule has 7 rings (SSSR count). The number of aryl methyl sites for hydroxylation is 1. The minimum atomic E-state index is -4.99. The van der Waals surface area contributed by atoms with Crippen LogP contribution >= 0.6 is 0 Å². The molecular formula is C49H70F4N8O10. The van der Waals surface area contributed by atoms with Gasteiger partial charge in [0.25, 0.3) is 5.91 Å². The molecule has 3 aliphatic carbocycles. The first-order valence-electron chi connectivity index (χ1n) is 25.1. The fourth-order valence-electron chi connectivity index (χ4n) is 9.68. The maximum atomic E-state index is 16.3. The molecule has 0 radical (unpaired) electrons. The Hall–Kier alpha value is -4.90. The number of halogens is 4. The first-order chi connectivity index (χ1) is 34.1. The molecule has 3 N–H and O–H groups in total. The van der Waals surface area contributed by atoms with E-state index in [0.717, 1.165) is 49.5 Å². The van der Waals surface area contributed by atoms with Crippen LogP contribution in [0.2, 0.25) is 0 Å². The number of aromatic nitrogens is 2. The van der Waals surface area contributed by atoms with Crippen LogP contribution in [0.15, 0.2) is 30.5 Å². The third-order valence-electron chi connectivity index (χ3n) is 14.4. The highest BCUT2D eigenvalue weighted by Gasteiger charge is 2.62. The van der Waals surface area contributed by atoms with Gasteiger partial charge in [0.1, 0.15) is 29.0 Å². The Morgan fingerprint density at radius 1 is 0.761 bits per heavy atom. The largest absolute Gasteiger partial charge is 0.403 e. The summed E-state index contributed by atoms with van der Waals surface area (Å²) in [6.07, 6.45) is 0.276. The predicted octanol–water partition coefficient (Wildman–Crippen LogP) is 4.59. The second-order valence-corrected chi connectivity index (χ2v) is 19.3. The molecular weight excluding hydrogens is 937 g/mol. The van der Waals surface area contributed by atoms with Gasteiger partial charge in [0.2, 0.25) is 17.7 Å². The first kappa shape index (κ1) is 53.9. The van der Waals surface area contributed by atoms with Crippen molar-refractivity contribution in [2.45, 2.75) is 102 Å². The van der Waals surface area contributed by atoms with E-state index in [4.69, 9.17) is 23.7 Å². The molecule has 2 aromatic rings. The summed E-state index contributed by atoms with van der Waals surface area (Å²) in [7, 11) is 1.59. The molecule has 5 aliphatic rings. The Balaban J connectivity index is 1.05. The third-order valence-corrected chi connectivity index (χ3v) is 14.4. The van der Waals surface area contributed by atoms with Crippen LogP contribution in [0, 0.1) is 29.0 Å². The van der Waals surface area contributed by atoms with Crippen LogP contribution in [0.4, 0.5) is 28.0 Å². The maximum absolute atomic E-state index is 16.3. The van der Waals surface area contributed by atoms with Gasteiger partial charge < -0.3 is 54.3 Å². The van der Waals surface area contributed by atoms with Crippen molar-refractivity contribution in [1.29, 1.82) is 0 Å². The van der Waals surface area contributed by atoms with Gasteiger partial charge in [-0.15, -0.1) is 0 Å². The van der Waals surface area contributed by atoms with E-state index in [1.54, 1.807) is 20.0 Å². The zero-order chi connectivity index (χ0) is 50.7. The normalized spacial score (nSPS) is 21.5. The van der Waals surface area contributed by atoms with E-state index in [2.05, 4.69) is 21.0 Å². The molecule has 3 atom stereocenters. The summed E-state index contributed by atoms with van der Waals surface area (Å²) in [5.74, 6) is -4.26. The van der Waals surface area contributed by atoms with Gasteiger partial charge >= 0.3 is 12.2 Å². The lowest BCUT2D eigenvalue weighted by Crippen LogP contribution is -2.61. The van der Waals surface area contributed by atoms with Gasteiger partial charge in [-0.05, 0) is 99.8 Å². The molecule has 71 heavy (non-hydrogen) atoms. The number of hydrogen-bond donors (Lipinski definition) is 3. The quantitative estimate of drug-likeness (QED) is 0.224. The summed E-state index contributed by atoms with van der Waals surface area (Å²) in [6, 6.07) is 2.68. The molecule has 0 spiro atoms. The van der Waals surface area contributed by atoms with E-state index in [-0.39, 0.29) is 87.8 Å². The number of anilines is 1. The number of piperidine rings is 1. The Kier molecular flexibility index (Phi) is 18.7. The first-order valence-corrected chi connectivity index (χ1v) is 25.1. The zero-order valence-electron chi connectivity index (χ0n) is 41.0. The molecule has 18 nitrogen and oxygen atoms in total. The van der Waals surface area contributed by atoms with Crippen molar-refractivity contribution < 1.29 is 65.2 Å². The van der Waals surface area contributed by atoms with Crippen LogP contribution in [0.5, 0.6) is 0 Å². The van der Waals surface area contributed by atoms with Gasteiger partial charge in [-0.1, -0.05) is 13.0 Å². The van der Waals surface area contributed by atoms with Crippen molar-refractivity contribution in [2.24, 2.45) is 23.2 Å². The summed E-state index contributed by atoms with van der Waals surface area (Å²) in [5, 5.41) is 12.6. The van der Waals surface area contributed by atoms with Crippen LogP contribution in [-0.4, -0.2) is 178 Å². The van der Waals surface area contributed by atoms with Crippen molar-refractivity contribution >= 4 is 35.3 Å². The average Bonchev–Trinajstić information content (AvgIpc) is 4.23. The molecule has 3 heterocycles. The van der Waals surface area contributed by atoms with E-state index in [1.807, 2.05) is 6.92 Å². The Morgan fingerprint density at radius 3 is 1.80 bits per heavy atom. The molecule has 0 unspecified atom stereocenters. The minimum Gasteiger partial charge on any atom is -0.377 e. The van der Waals surface area contributed by atoms with Crippen LogP contribution < -0.4 is 16.0 Å². The summed E-state index contributed by atoms with van der Waals surface area (Å²) >= 11 is 0. The Labute approximate surface area is 412 Å². The number of rotatable bonds is 14. The number of urea groups is 1. The van der Waals surface area contributed by atoms with E-state index in [9.17, 15) is 24.0 Å². The highest BCUT2D eigenvalue weighted by molar-refractivity contribution is 6.01. The fourth-order valence-corrected chi connectivity index (χ4v) is 9.68. The van der Waals surface area contributed by atoms with Gasteiger partial charge in [-0.25, -0.2) is 9.18 Å².